The highest BCUT2D eigenvalue weighted by atomic mass is 16.5. The summed E-state index contributed by atoms with van der Waals surface area (Å²) in [4.78, 5) is 15.8. The van der Waals surface area contributed by atoms with E-state index in [9.17, 15) is 9.90 Å². The molecule has 0 spiro atoms. The van der Waals surface area contributed by atoms with Crippen LogP contribution in [0.3, 0.4) is 0 Å². The minimum absolute atomic E-state index is 0.177. The number of hydrogen-bond donors (Lipinski definition) is 1. The van der Waals surface area contributed by atoms with Gasteiger partial charge in [-0.25, -0.2) is 0 Å². The molecule has 0 aromatic heterocycles. The van der Waals surface area contributed by atoms with Crippen LogP contribution in [0.5, 0.6) is 5.75 Å². The molecule has 1 aromatic carbocycles. The Labute approximate surface area is 131 Å². The van der Waals surface area contributed by atoms with Gasteiger partial charge in [0.1, 0.15) is 18.5 Å². The highest BCUT2D eigenvalue weighted by Gasteiger charge is 2.23. The number of rotatable bonds is 6. The van der Waals surface area contributed by atoms with Crippen molar-refractivity contribution in [3.05, 3.63) is 42.5 Å². The number of piperazine rings is 1. The fourth-order valence-corrected chi connectivity index (χ4v) is 2.50. The third-order valence-electron chi connectivity index (χ3n) is 3.74. The Morgan fingerprint density at radius 3 is 2.50 bits per heavy atom. The van der Waals surface area contributed by atoms with Crippen molar-refractivity contribution >= 4 is 5.91 Å². The number of hydrogen-bond acceptors (Lipinski definition) is 4. The summed E-state index contributed by atoms with van der Waals surface area (Å²) in [6, 6.07) is 8.05. The predicted molar refractivity (Wildman–Crippen MR) is 85.7 cm³/mol. The maximum Gasteiger partial charge on any atom is 0.251 e. The molecule has 1 aliphatic rings. The van der Waals surface area contributed by atoms with E-state index in [1.54, 1.807) is 11.0 Å². The number of amides is 1. The maximum atomic E-state index is 11.7. The Balaban J connectivity index is 1.80. The number of nitrogens with zero attached hydrogens (tertiary/aromatic N) is 2. The van der Waals surface area contributed by atoms with E-state index in [4.69, 9.17) is 4.74 Å². The molecule has 22 heavy (non-hydrogen) atoms. The average Bonchev–Trinajstić information content (AvgIpc) is 2.54. The fourth-order valence-electron chi connectivity index (χ4n) is 2.50. The SMILES string of the molecule is C=CCOc1ccc(CN2CCN(C(=O)C(C)O)CC2)cc1. The zero-order chi connectivity index (χ0) is 15.9. The molecule has 120 valence electrons. The molecule has 1 amide bonds. The Kier molecular flexibility index (Phi) is 5.98. The molecule has 1 saturated heterocycles. The second kappa shape index (κ2) is 7.96. The molecule has 1 N–H and O–H groups in total. The summed E-state index contributed by atoms with van der Waals surface area (Å²) in [7, 11) is 0. The van der Waals surface area contributed by atoms with Crippen LogP contribution >= 0.6 is 0 Å². The topological polar surface area (TPSA) is 53.0 Å². The summed E-state index contributed by atoms with van der Waals surface area (Å²) in [5, 5.41) is 9.34. The Morgan fingerprint density at radius 2 is 1.95 bits per heavy atom. The molecule has 5 nitrogen and oxygen atoms in total. The molecule has 1 fully saturated rings. The molecule has 0 radical (unpaired) electrons. The van der Waals surface area contributed by atoms with Gasteiger partial charge in [0.2, 0.25) is 0 Å². The van der Waals surface area contributed by atoms with Gasteiger partial charge < -0.3 is 14.7 Å². The standard InChI is InChI=1S/C17H24N2O3/c1-3-12-22-16-6-4-15(5-7-16)13-18-8-10-19(11-9-18)17(21)14(2)20/h3-7,14,20H,1,8-13H2,2H3. The van der Waals surface area contributed by atoms with Gasteiger partial charge in [-0.1, -0.05) is 24.8 Å². The number of aliphatic hydroxyl groups excluding tert-OH is 1. The molecule has 1 aliphatic heterocycles. The molecule has 1 atom stereocenters. The van der Waals surface area contributed by atoms with Crippen molar-refractivity contribution in [2.24, 2.45) is 0 Å². The van der Waals surface area contributed by atoms with Crippen LogP contribution in [-0.4, -0.2) is 59.7 Å². The zero-order valence-electron chi connectivity index (χ0n) is 13.1. The Hall–Kier alpha value is -1.85. The normalized spacial score (nSPS) is 17.1. The number of benzene rings is 1. The van der Waals surface area contributed by atoms with Gasteiger partial charge in [0, 0.05) is 32.7 Å². The monoisotopic (exact) mass is 304 g/mol. The first kappa shape index (κ1) is 16.5. The summed E-state index contributed by atoms with van der Waals surface area (Å²) < 4.78 is 5.46. The van der Waals surface area contributed by atoms with Crippen LogP contribution in [0.2, 0.25) is 0 Å². The third kappa shape index (κ3) is 4.58. The van der Waals surface area contributed by atoms with Crippen LogP contribution in [0.15, 0.2) is 36.9 Å². The smallest absolute Gasteiger partial charge is 0.251 e. The maximum absolute atomic E-state index is 11.7. The molecular weight excluding hydrogens is 280 g/mol. The lowest BCUT2D eigenvalue weighted by molar-refractivity contribution is -0.141. The lowest BCUT2D eigenvalue weighted by Gasteiger charge is -2.35. The van der Waals surface area contributed by atoms with Crippen LogP contribution in [0.1, 0.15) is 12.5 Å². The lowest BCUT2D eigenvalue weighted by atomic mass is 10.2. The van der Waals surface area contributed by atoms with Crippen LogP contribution in [0, 0.1) is 0 Å². The average molecular weight is 304 g/mol. The number of carbonyl (C=O) groups excluding carboxylic acids is 1. The van der Waals surface area contributed by atoms with E-state index < -0.39 is 6.10 Å². The molecule has 1 unspecified atom stereocenters. The van der Waals surface area contributed by atoms with Gasteiger partial charge in [-0.3, -0.25) is 9.69 Å². The summed E-state index contributed by atoms with van der Waals surface area (Å²) in [6.07, 6.45) is 0.816. The van der Waals surface area contributed by atoms with Gasteiger partial charge in [-0.05, 0) is 24.6 Å². The predicted octanol–water partition coefficient (Wildman–Crippen LogP) is 1.28. The van der Waals surface area contributed by atoms with Gasteiger partial charge in [0.25, 0.3) is 5.91 Å². The number of aliphatic hydroxyl groups is 1. The van der Waals surface area contributed by atoms with E-state index in [-0.39, 0.29) is 5.91 Å². The largest absolute Gasteiger partial charge is 0.490 e. The van der Waals surface area contributed by atoms with E-state index in [0.29, 0.717) is 19.7 Å². The van der Waals surface area contributed by atoms with Gasteiger partial charge in [-0.2, -0.15) is 0 Å². The molecule has 1 aromatic rings. The second-order valence-electron chi connectivity index (χ2n) is 5.52. The molecule has 0 saturated carbocycles. The van der Waals surface area contributed by atoms with Crippen molar-refractivity contribution in [1.29, 1.82) is 0 Å². The van der Waals surface area contributed by atoms with Gasteiger partial charge in [-0.15, -0.1) is 0 Å². The first-order chi connectivity index (χ1) is 10.6. The van der Waals surface area contributed by atoms with E-state index in [1.807, 2.05) is 12.1 Å². The van der Waals surface area contributed by atoms with E-state index in [0.717, 1.165) is 25.4 Å². The Morgan fingerprint density at radius 1 is 1.32 bits per heavy atom. The van der Waals surface area contributed by atoms with Crippen molar-refractivity contribution in [3.8, 4) is 5.75 Å². The second-order valence-corrected chi connectivity index (χ2v) is 5.52. The molecule has 0 aliphatic carbocycles. The number of carbonyl (C=O) groups is 1. The van der Waals surface area contributed by atoms with Crippen molar-refractivity contribution in [2.75, 3.05) is 32.8 Å². The van der Waals surface area contributed by atoms with Crippen molar-refractivity contribution in [3.63, 3.8) is 0 Å². The van der Waals surface area contributed by atoms with Gasteiger partial charge in [0.15, 0.2) is 0 Å². The fraction of sp³-hybridized carbons (Fsp3) is 0.471. The van der Waals surface area contributed by atoms with Crippen LogP contribution in [0.25, 0.3) is 0 Å². The van der Waals surface area contributed by atoms with Gasteiger partial charge in [0.05, 0.1) is 0 Å². The zero-order valence-corrected chi connectivity index (χ0v) is 13.1. The molecule has 5 heteroatoms. The summed E-state index contributed by atoms with van der Waals surface area (Å²) in [5.74, 6) is 0.666. The minimum atomic E-state index is -0.908. The number of ether oxygens (including phenoxy) is 1. The van der Waals surface area contributed by atoms with E-state index >= 15 is 0 Å². The van der Waals surface area contributed by atoms with Crippen LogP contribution in [-0.2, 0) is 11.3 Å². The van der Waals surface area contributed by atoms with Crippen LogP contribution in [0.4, 0.5) is 0 Å². The summed E-state index contributed by atoms with van der Waals surface area (Å²) in [5.41, 5.74) is 1.22. The van der Waals surface area contributed by atoms with Gasteiger partial charge >= 0.3 is 0 Å². The highest BCUT2D eigenvalue weighted by molar-refractivity contribution is 5.80. The lowest BCUT2D eigenvalue weighted by Crippen LogP contribution is -2.50. The summed E-state index contributed by atoms with van der Waals surface area (Å²) in [6.45, 7) is 9.51. The van der Waals surface area contributed by atoms with Crippen molar-refractivity contribution in [2.45, 2.75) is 19.6 Å². The third-order valence-corrected chi connectivity index (χ3v) is 3.74. The summed E-state index contributed by atoms with van der Waals surface area (Å²) >= 11 is 0. The van der Waals surface area contributed by atoms with E-state index in [1.165, 1.54) is 12.5 Å². The first-order valence-corrected chi connectivity index (χ1v) is 7.62. The molecule has 2 rings (SSSR count). The quantitative estimate of drug-likeness (QED) is 0.804. The van der Waals surface area contributed by atoms with E-state index in [2.05, 4.69) is 23.6 Å². The minimum Gasteiger partial charge on any atom is -0.490 e. The Bertz CT molecular complexity index is 491. The molecule has 0 bridgehead atoms. The molecule has 1 heterocycles. The molecular formula is C17H24N2O3. The van der Waals surface area contributed by atoms with Crippen LogP contribution < -0.4 is 4.74 Å². The van der Waals surface area contributed by atoms with Crippen molar-refractivity contribution in [1.82, 2.24) is 9.80 Å². The van der Waals surface area contributed by atoms with Crippen molar-refractivity contribution < 1.29 is 14.6 Å². The highest BCUT2D eigenvalue weighted by Crippen LogP contribution is 2.15. The first-order valence-electron chi connectivity index (χ1n) is 7.62.